The van der Waals surface area contributed by atoms with Crippen LogP contribution in [-0.2, 0) is 22.7 Å². The third-order valence-electron chi connectivity index (χ3n) is 5.28. The van der Waals surface area contributed by atoms with Crippen molar-refractivity contribution in [2.24, 2.45) is 0 Å². The van der Waals surface area contributed by atoms with Gasteiger partial charge < -0.3 is 19.7 Å². The van der Waals surface area contributed by atoms with E-state index >= 15 is 0 Å². The highest BCUT2D eigenvalue weighted by Gasteiger charge is 2.21. The zero-order valence-corrected chi connectivity index (χ0v) is 17.8. The van der Waals surface area contributed by atoms with Crippen molar-refractivity contribution in [3.05, 3.63) is 90.0 Å². The summed E-state index contributed by atoms with van der Waals surface area (Å²) in [5.41, 5.74) is 2.84. The van der Waals surface area contributed by atoms with Gasteiger partial charge in [-0.3, -0.25) is 9.59 Å². The molecule has 1 fully saturated rings. The second kappa shape index (κ2) is 10.5. The molecule has 164 valence electrons. The Morgan fingerprint density at radius 2 is 1.66 bits per heavy atom. The molecule has 1 aliphatic rings. The van der Waals surface area contributed by atoms with E-state index in [1.54, 1.807) is 17.0 Å². The summed E-state index contributed by atoms with van der Waals surface area (Å²) >= 11 is 0. The van der Waals surface area contributed by atoms with Gasteiger partial charge in [0, 0.05) is 30.8 Å². The summed E-state index contributed by atoms with van der Waals surface area (Å²) in [6.45, 7) is 1.48. The molecule has 6 nitrogen and oxygen atoms in total. The van der Waals surface area contributed by atoms with Gasteiger partial charge in [-0.25, -0.2) is 0 Å². The number of amides is 2. The van der Waals surface area contributed by atoms with Gasteiger partial charge in [-0.2, -0.15) is 0 Å². The number of nitrogens with one attached hydrogen (secondary N) is 1. The number of hydrogen-bond acceptors (Lipinski definition) is 4. The van der Waals surface area contributed by atoms with Crippen LogP contribution in [0.5, 0.6) is 11.5 Å². The smallest absolute Gasteiger partial charge is 0.258 e. The molecular formula is C26H26N2O4. The van der Waals surface area contributed by atoms with E-state index in [0.29, 0.717) is 25.3 Å². The molecule has 2 amide bonds. The Morgan fingerprint density at radius 3 is 2.41 bits per heavy atom. The zero-order chi connectivity index (χ0) is 22.2. The van der Waals surface area contributed by atoms with E-state index in [2.05, 4.69) is 5.32 Å². The third-order valence-corrected chi connectivity index (χ3v) is 5.28. The molecular weight excluding hydrogens is 404 g/mol. The monoisotopic (exact) mass is 430 g/mol. The van der Waals surface area contributed by atoms with Crippen molar-refractivity contribution in [3.63, 3.8) is 0 Å². The summed E-state index contributed by atoms with van der Waals surface area (Å²) in [4.78, 5) is 25.9. The van der Waals surface area contributed by atoms with Crippen molar-refractivity contribution >= 4 is 17.5 Å². The molecule has 32 heavy (non-hydrogen) atoms. The van der Waals surface area contributed by atoms with E-state index in [1.165, 1.54) is 0 Å². The first-order chi connectivity index (χ1) is 15.7. The molecule has 0 atom stereocenters. The van der Waals surface area contributed by atoms with Crippen LogP contribution < -0.4 is 19.7 Å². The van der Waals surface area contributed by atoms with Gasteiger partial charge in [-0.1, -0.05) is 48.5 Å². The van der Waals surface area contributed by atoms with E-state index in [-0.39, 0.29) is 18.4 Å². The van der Waals surface area contributed by atoms with Crippen molar-refractivity contribution in [2.45, 2.75) is 26.0 Å². The average molecular weight is 431 g/mol. The Hall–Kier alpha value is -3.80. The minimum Gasteiger partial charge on any atom is -0.489 e. The molecule has 4 rings (SSSR count). The Bertz CT molecular complexity index is 1050. The van der Waals surface area contributed by atoms with Crippen molar-refractivity contribution in [1.82, 2.24) is 5.32 Å². The largest absolute Gasteiger partial charge is 0.489 e. The molecule has 1 N–H and O–H groups in total. The van der Waals surface area contributed by atoms with Gasteiger partial charge in [0.25, 0.3) is 5.91 Å². The van der Waals surface area contributed by atoms with Crippen LogP contribution in [0.25, 0.3) is 0 Å². The second-order valence-electron chi connectivity index (χ2n) is 7.59. The quantitative estimate of drug-likeness (QED) is 0.555. The lowest BCUT2D eigenvalue weighted by Gasteiger charge is -2.16. The normalized spacial score (nSPS) is 13.1. The Labute approximate surface area is 187 Å². The van der Waals surface area contributed by atoms with Crippen molar-refractivity contribution < 1.29 is 19.1 Å². The SMILES string of the molecule is O=C(COc1ccc(N2CCCC2=O)cc1)NCc1ccccc1OCc1ccccc1. The van der Waals surface area contributed by atoms with Crippen LogP contribution >= 0.6 is 0 Å². The second-order valence-corrected chi connectivity index (χ2v) is 7.59. The number of anilines is 1. The number of nitrogens with zero attached hydrogens (tertiary/aromatic N) is 1. The predicted octanol–water partition coefficient (Wildman–Crippen LogP) is 4.09. The molecule has 0 spiro atoms. The van der Waals surface area contributed by atoms with Crippen LogP contribution in [0.3, 0.4) is 0 Å². The minimum absolute atomic E-state index is 0.0883. The number of benzene rings is 3. The van der Waals surface area contributed by atoms with Gasteiger partial charge in [-0.15, -0.1) is 0 Å². The molecule has 0 radical (unpaired) electrons. The average Bonchev–Trinajstić information content (AvgIpc) is 3.27. The molecule has 1 aliphatic heterocycles. The fourth-order valence-corrected chi connectivity index (χ4v) is 3.56. The van der Waals surface area contributed by atoms with Crippen LogP contribution in [0.2, 0.25) is 0 Å². The lowest BCUT2D eigenvalue weighted by Crippen LogP contribution is -2.28. The number of hydrogen-bond donors (Lipinski definition) is 1. The van der Waals surface area contributed by atoms with Gasteiger partial charge in [0.15, 0.2) is 6.61 Å². The predicted molar refractivity (Wildman–Crippen MR) is 123 cm³/mol. The summed E-state index contributed by atoms with van der Waals surface area (Å²) in [5, 5.41) is 2.87. The van der Waals surface area contributed by atoms with Crippen molar-refractivity contribution in [1.29, 1.82) is 0 Å². The molecule has 1 heterocycles. The summed E-state index contributed by atoms with van der Waals surface area (Å²) in [6, 6.07) is 24.8. The molecule has 0 bridgehead atoms. The fraction of sp³-hybridized carbons (Fsp3) is 0.231. The van der Waals surface area contributed by atoms with Crippen molar-refractivity contribution in [3.8, 4) is 11.5 Å². The van der Waals surface area contributed by atoms with Gasteiger partial charge >= 0.3 is 0 Å². The highest BCUT2D eigenvalue weighted by atomic mass is 16.5. The summed E-state index contributed by atoms with van der Waals surface area (Å²) in [5.74, 6) is 1.25. The van der Waals surface area contributed by atoms with Crippen molar-refractivity contribution in [2.75, 3.05) is 18.1 Å². The molecule has 0 aromatic heterocycles. The Balaban J connectivity index is 1.25. The standard InChI is InChI=1S/C26H26N2O4/c29-25(19-31-23-14-12-22(13-15-23)28-16-6-11-26(28)30)27-17-21-9-4-5-10-24(21)32-18-20-7-2-1-3-8-20/h1-5,7-10,12-15H,6,11,16-19H2,(H,27,29). The van der Waals surface area contributed by atoms with Gasteiger partial charge in [-0.05, 0) is 42.3 Å². The fourth-order valence-electron chi connectivity index (χ4n) is 3.56. The molecule has 3 aromatic rings. The third kappa shape index (κ3) is 5.66. The molecule has 0 unspecified atom stereocenters. The summed E-state index contributed by atoms with van der Waals surface area (Å²) in [7, 11) is 0. The van der Waals surface area contributed by atoms with Gasteiger partial charge in [0.05, 0.1) is 0 Å². The lowest BCUT2D eigenvalue weighted by atomic mass is 10.2. The van der Waals surface area contributed by atoms with Gasteiger partial charge in [0.2, 0.25) is 5.91 Å². The van der Waals surface area contributed by atoms with E-state index < -0.39 is 0 Å². The van der Waals surface area contributed by atoms with Crippen LogP contribution in [0.1, 0.15) is 24.0 Å². The minimum atomic E-state index is -0.221. The van der Waals surface area contributed by atoms with E-state index in [1.807, 2.05) is 66.7 Å². The summed E-state index contributed by atoms with van der Waals surface area (Å²) < 4.78 is 11.5. The molecule has 0 saturated carbocycles. The Morgan fingerprint density at radius 1 is 0.906 bits per heavy atom. The van der Waals surface area contributed by atoms with E-state index in [0.717, 1.165) is 35.5 Å². The maximum atomic E-state index is 12.3. The van der Waals surface area contributed by atoms with Crippen LogP contribution in [0.15, 0.2) is 78.9 Å². The molecule has 0 aliphatic carbocycles. The van der Waals surface area contributed by atoms with Crippen LogP contribution in [0.4, 0.5) is 5.69 Å². The first kappa shape index (κ1) is 21.4. The maximum absolute atomic E-state index is 12.3. The zero-order valence-electron chi connectivity index (χ0n) is 17.8. The Kier molecular flexibility index (Phi) is 7.02. The number of rotatable bonds is 9. The number of carbonyl (C=O) groups excluding carboxylic acids is 2. The lowest BCUT2D eigenvalue weighted by molar-refractivity contribution is -0.123. The molecule has 6 heteroatoms. The van der Waals surface area contributed by atoms with Crippen LogP contribution in [0, 0.1) is 0 Å². The highest BCUT2D eigenvalue weighted by Crippen LogP contribution is 2.24. The number of ether oxygens (including phenoxy) is 2. The van der Waals surface area contributed by atoms with Crippen LogP contribution in [-0.4, -0.2) is 25.0 Å². The highest BCUT2D eigenvalue weighted by molar-refractivity contribution is 5.95. The van der Waals surface area contributed by atoms with Gasteiger partial charge in [0.1, 0.15) is 18.1 Å². The maximum Gasteiger partial charge on any atom is 0.258 e. The first-order valence-electron chi connectivity index (χ1n) is 10.7. The van der Waals surface area contributed by atoms with E-state index in [4.69, 9.17) is 9.47 Å². The topological polar surface area (TPSA) is 67.9 Å². The number of para-hydroxylation sites is 1. The molecule has 1 saturated heterocycles. The summed E-state index contributed by atoms with van der Waals surface area (Å²) in [6.07, 6.45) is 1.48. The molecule has 3 aromatic carbocycles. The number of carbonyl (C=O) groups is 2. The first-order valence-corrected chi connectivity index (χ1v) is 10.7. The van der Waals surface area contributed by atoms with E-state index in [9.17, 15) is 9.59 Å².